The number of hydrogen-bond acceptors (Lipinski definition) is 5. The summed E-state index contributed by atoms with van der Waals surface area (Å²) < 4.78 is 38.4. The van der Waals surface area contributed by atoms with Crippen molar-refractivity contribution in [1.82, 2.24) is 0 Å². The second-order valence-electron chi connectivity index (χ2n) is 7.89. The molecule has 0 aromatic heterocycles. The molecule has 2 rings (SSSR count). The number of benzene rings is 1. The Kier molecular flexibility index (Phi) is 8.40. The Labute approximate surface area is 173 Å². The molecule has 1 N–H and O–H groups in total. The second-order valence-corrected chi connectivity index (χ2v) is 7.89. The first kappa shape index (κ1) is 23.5. The first-order valence-corrected chi connectivity index (χ1v) is 9.93. The van der Waals surface area contributed by atoms with E-state index in [-0.39, 0.29) is 18.6 Å². The largest absolute Gasteiger partial charge is 0.497 e. The van der Waals surface area contributed by atoms with Crippen LogP contribution in [0.4, 0.5) is 4.39 Å². The van der Waals surface area contributed by atoms with Gasteiger partial charge < -0.3 is 24.1 Å². The zero-order valence-corrected chi connectivity index (χ0v) is 17.9. The maximum Gasteiger partial charge on any atom is 0.163 e. The Morgan fingerprint density at radius 1 is 1.28 bits per heavy atom. The van der Waals surface area contributed by atoms with Gasteiger partial charge in [-0.25, -0.2) is 4.39 Å². The third-order valence-electron chi connectivity index (χ3n) is 4.96. The van der Waals surface area contributed by atoms with Crippen molar-refractivity contribution < 1.29 is 28.4 Å². The minimum atomic E-state index is -0.968. The Morgan fingerprint density at radius 2 is 1.93 bits per heavy atom. The van der Waals surface area contributed by atoms with Gasteiger partial charge in [-0.2, -0.15) is 0 Å². The molecule has 1 fully saturated rings. The zero-order valence-electron chi connectivity index (χ0n) is 17.9. The van der Waals surface area contributed by atoms with Crippen LogP contribution in [-0.4, -0.2) is 42.4 Å². The molecule has 0 aliphatic carbocycles. The van der Waals surface area contributed by atoms with Crippen molar-refractivity contribution in [1.29, 1.82) is 0 Å². The van der Waals surface area contributed by atoms with Gasteiger partial charge in [-0.15, -0.1) is 6.58 Å². The van der Waals surface area contributed by atoms with E-state index in [1.807, 2.05) is 24.3 Å². The molecule has 1 aromatic carbocycles. The van der Waals surface area contributed by atoms with Crippen molar-refractivity contribution in [3.05, 3.63) is 54.4 Å². The van der Waals surface area contributed by atoms with E-state index in [1.54, 1.807) is 40.9 Å². The summed E-state index contributed by atoms with van der Waals surface area (Å²) in [5.41, 5.74) is 0.880. The van der Waals surface area contributed by atoms with Crippen LogP contribution in [0.25, 0.3) is 0 Å². The van der Waals surface area contributed by atoms with Gasteiger partial charge in [0.05, 0.1) is 25.9 Å². The minimum absolute atomic E-state index is 0.195. The maximum atomic E-state index is 15.3. The lowest BCUT2D eigenvalue weighted by molar-refractivity contribution is -0.158. The molecule has 1 aromatic rings. The Bertz CT molecular complexity index is 683. The normalized spacial score (nSPS) is 24.7. The quantitative estimate of drug-likeness (QED) is 0.576. The molecule has 0 spiro atoms. The third kappa shape index (κ3) is 6.64. The van der Waals surface area contributed by atoms with Gasteiger partial charge >= 0.3 is 0 Å². The summed E-state index contributed by atoms with van der Waals surface area (Å²) in [6.45, 7) is 10.9. The molecule has 162 valence electrons. The summed E-state index contributed by atoms with van der Waals surface area (Å²) in [6, 6.07) is 7.39. The van der Waals surface area contributed by atoms with E-state index in [1.165, 1.54) is 6.08 Å². The summed E-state index contributed by atoms with van der Waals surface area (Å²) in [5, 5.41) is 9.76. The predicted molar refractivity (Wildman–Crippen MR) is 110 cm³/mol. The number of rotatable bonds is 10. The molecule has 0 amide bonds. The van der Waals surface area contributed by atoms with E-state index in [9.17, 15) is 5.11 Å². The Balaban J connectivity index is 2.25. The fourth-order valence-electron chi connectivity index (χ4n) is 3.19. The highest BCUT2D eigenvalue weighted by Gasteiger charge is 2.46. The number of ether oxygens (including phenoxy) is 4. The third-order valence-corrected chi connectivity index (χ3v) is 4.96. The highest BCUT2D eigenvalue weighted by molar-refractivity contribution is 5.26. The number of hydrogen-bond donors (Lipinski definition) is 1. The van der Waals surface area contributed by atoms with Crippen molar-refractivity contribution in [2.75, 3.05) is 7.11 Å². The van der Waals surface area contributed by atoms with Crippen LogP contribution in [0, 0.1) is 5.92 Å². The molecule has 1 aliphatic heterocycles. The van der Waals surface area contributed by atoms with Gasteiger partial charge in [0.1, 0.15) is 23.8 Å². The number of halogens is 1. The molecule has 1 saturated heterocycles. The molecule has 5 atom stereocenters. The van der Waals surface area contributed by atoms with Crippen LogP contribution >= 0.6 is 0 Å². The van der Waals surface area contributed by atoms with Crippen LogP contribution in [-0.2, 0) is 20.8 Å². The monoisotopic (exact) mass is 408 g/mol. The molecule has 0 radical (unpaired) electrons. The maximum absolute atomic E-state index is 15.3. The smallest absolute Gasteiger partial charge is 0.163 e. The summed E-state index contributed by atoms with van der Waals surface area (Å²) >= 11 is 0. The summed E-state index contributed by atoms with van der Waals surface area (Å²) in [6.07, 6.45) is 0.958. The molecule has 6 heteroatoms. The van der Waals surface area contributed by atoms with Crippen molar-refractivity contribution in [3.8, 4) is 5.75 Å². The first-order chi connectivity index (χ1) is 13.7. The zero-order chi connectivity index (χ0) is 21.6. The Hall–Kier alpha value is -1.73. The molecule has 1 unspecified atom stereocenters. The molecule has 1 aliphatic rings. The van der Waals surface area contributed by atoms with Gasteiger partial charge in [0.15, 0.2) is 5.79 Å². The van der Waals surface area contributed by atoms with Gasteiger partial charge in [-0.05, 0) is 51.0 Å². The lowest BCUT2D eigenvalue weighted by Crippen LogP contribution is -2.38. The van der Waals surface area contributed by atoms with E-state index in [2.05, 4.69) is 6.58 Å². The van der Waals surface area contributed by atoms with Crippen LogP contribution < -0.4 is 4.74 Å². The van der Waals surface area contributed by atoms with Crippen molar-refractivity contribution in [2.24, 2.45) is 5.92 Å². The van der Waals surface area contributed by atoms with E-state index >= 15 is 4.39 Å². The van der Waals surface area contributed by atoms with Gasteiger partial charge in [0.2, 0.25) is 0 Å². The molecule has 0 saturated carbocycles. The first-order valence-electron chi connectivity index (χ1n) is 9.93. The van der Waals surface area contributed by atoms with E-state index in [4.69, 9.17) is 18.9 Å². The molecule has 5 nitrogen and oxygen atoms in total. The molecular weight excluding hydrogens is 375 g/mol. The van der Waals surface area contributed by atoms with E-state index < -0.39 is 29.9 Å². The van der Waals surface area contributed by atoms with Crippen LogP contribution in [0.3, 0.4) is 0 Å². The molecule has 0 bridgehead atoms. The van der Waals surface area contributed by atoms with Gasteiger partial charge in [0, 0.05) is 5.92 Å². The topological polar surface area (TPSA) is 57.2 Å². The average molecular weight is 409 g/mol. The van der Waals surface area contributed by atoms with Gasteiger partial charge in [0.25, 0.3) is 0 Å². The van der Waals surface area contributed by atoms with Gasteiger partial charge in [-0.1, -0.05) is 25.1 Å². The summed E-state index contributed by atoms with van der Waals surface area (Å²) in [4.78, 5) is 0. The van der Waals surface area contributed by atoms with Gasteiger partial charge in [-0.3, -0.25) is 0 Å². The molecule has 1 heterocycles. The fraction of sp³-hybridized carbons (Fsp3) is 0.565. The van der Waals surface area contributed by atoms with Crippen LogP contribution in [0.5, 0.6) is 5.75 Å². The lowest BCUT2D eigenvalue weighted by atomic mass is 9.99. The number of aliphatic hydroxyl groups excluding tert-OH is 1. The minimum Gasteiger partial charge on any atom is -0.497 e. The summed E-state index contributed by atoms with van der Waals surface area (Å²) in [7, 11) is 1.60. The second kappa shape index (κ2) is 10.3. The SMILES string of the molecule is C=CC[C@@H]1OC(C)(C)O[C@@H]1[C@H](OCc1ccc(OC)cc1)/C(F)=C\[C@@H](C)C(C)O. The van der Waals surface area contributed by atoms with Crippen LogP contribution in [0.1, 0.15) is 39.7 Å². The highest BCUT2D eigenvalue weighted by Crippen LogP contribution is 2.36. The van der Waals surface area contributed by atoms with Crippen LogP contribution in [0.15, 0.2) is 48.8 Å². The fourth-order valence-corrected chi connectivity index (χ4v) is 3.19. The standard InChI is InChI=1S/C23H33FO5/c1-7-8-20-22(29-23(4,5)28-20)21(19(24)13-15(2)16(3)25)27-14-17-9-11-18(26-6)12-10-17/h7,9-13,15-16,20-22,25H,1,8,14H2,2-6H3/b19-13+/t15-,16?,20+,21-,22+/m1/s1. The van der Waals surface area contributed by atoms with E-state index in [0.29, 0.717) is 6.42 Å². The van der Waals surface area contributed by atoms with Crippen LogP contribution in [0.2, 0.25) is 0 Å². The molecular formula is C23H33FO5. The molecule has 29 heavy (non-hydrogen) atoms. The average Bonchev–Trinajstić information content (AvgIpc) is 2.96. The number of aliphatic hydroxyl groups is 1. The Morgan fingerprint density at radius 3 is 2.48 bits per heavy atom. The van der Waals surface area contributed by atoms with Crippen molar-refractivity contribution in [2.45, 2.75) is 70.9 Å². The van der Waals surface area contributed by atoms with Crippen molar-refractivity contribution in [3.63, 3.8) is 0 Å². The summed E-state index contributed by atoms with van der Waals surface area (Å²) in [5.74, 6) is -0.957. The highest BCUT2D eigenvalue weighted by atomic mass is 19.1. The predicted octanol–water partition coefficient (Wildman–Crippen LogP) is 4.55. The van der Waals surface area contributed by atoms with E-state index in [0.717, 1.165) is 11.3 Å². The number of methoxy groups -OCH3 is 1. The van der Waals surface area contributed by atoms with Crippen molar-refractivity contribution >= 4 is 0 Å². The lowest BCUT2D eigenvalue weighted by Gasteiger charge is -2.26.